The molecule has 3 aromatic carbocycles. The minimum absolute atomic E-state index is 0.0173. The number of pyridine rings is 1. The largest absolute Gasteiger partial charge is 0.497 e. The molecular weight excluding hydrogens is 672 g/mol. The zero-order valence-corrected chi connectivity index (χ0v) is 31.7. The number of aromatic nitrogens is 1. The van der Waals surface area contributed by atoms with E-state index < -0.39 is 0 Å². The average Bonchev–Trinajstić information content (AvgIpc) is 3.22. The van der Waals surface area contributed by atoms with Gasteiger partial charge in [-0.15, -0.1) is 0 Å². The Kier molecular flexibility index (Phi) is 12.2. The maximum absolute atomic E-state index is 5.63. The van der Waals surface area contributed by atoms with Crippen LogP contribution in [0.15, 0.2) is 90.9 Å². The van der Waals surface area contributed by atoms with Crippen LogP contribution in [0.25, 0.3) is 11.1 Å². The molecular formula is C42H50N4O7. The second kappa shape index (κ2) is 17.3. The minimum atomic E-state index is -0.0173. The molecule has 4 aromatic rings. The second-order valence-corrected chi connectivity index (χ2v) is 13.0. The Morgan fingerprint density at radius 1 is 0.698 bits per heavy atom. The van der Waals surface area contributed by atoms with Gasteiger partial charge in [-0.2, -0.15) is 0 Å². The van der Waals surface area contributed by atoms with Crippen molar-refractivity contribution in [3.63, 3.8) is 0 Å². The Hall–Kier alpha value is -5.55. The van der Waals surface area contributed by atoms with Crippen LogP contribution >= 0.6 is 0 Å². The molecule has 11 heteroatoms. The molecule has 0 radical (unpaired) electrons. The van der Waals surface area contributed by atoms with Crippen LogP contribution in [0, 0.1) is 0 Å². The van der Waals surface area contributed by atoms with Crippen LogP contribution in [-0.2, 0) is 6.54 Å². The molecule has 53 heavy (non-hydrogen) atoms. The van der Waals surface area contributed by atoms with E-state index in [0.717, 1.165) is 66.2 Å². The van der Waals surface area contributed by atoms with Crippen molar-refractivity contribution in [2.24, 2.45) is 0 Å². The number of nitrogens with one attached hydrogen (secondary N) is 1. The third kappa shape index (κ3) is 8.41. The van der Waals surface area contributed by atoms with Crippen molar-refractivity contribution in [3.05, 3.63) is 102 Å². The van der Waals surface area contributed by atoms with E-state index in [1.54, 1.807) is 49.8 Å². The van der Waals surface area contributed by atoms with Crippen LogP contribution in [0.4, 0.5) is 5.69 Å². The maximum Gasteiger partial charge on any atom is 0.203 e. The van der Waals surface area contributed by atoms with Crippen molar-refractivity contribution in [1.29, 1.82) is 0 Å². The third-order valence-electron chi connectivity index (χ3n) is 9.95. The van der Waals surface area contributed by atoms with Crippen molar-refractivity contribution in [2.45, 2.75) is 31.5 Å². The fourth-order valence-electron chi connectivity index (χ4n) is 7.18. The molecule has 3 heterocycles. The van der Waals surface area contributed by atoms with Gasteiger partial charge in [0.05, 0.1) is 55.8 Å². The maximum atomic E-state index is 5.63. The molecule has 280 valence electrons. The van der Waals surface area contributed by atoms with Gasteiger partial charge in [0.2, 0.25) is 11.5 Å². The summed E-state index contributed by atoms with van der Waals surface area (Å²) < 4.78 is 39.1. The SMILES string of the molecule is COc1ccc(N(Cc2cncc(-c3cc(OC)c(OC)c(OC)c3)c2)C2CCN(CC3=CC(c4cc(OC)c(OC)c(OC)c4)NC=C3)CC2)cc1. The van der Waals surface area contributed by atoms with Gasteiger partial charge in [-0.25, -0.2) is 0 Å². The molecule has 1 fully saturated rings. The fourth-order valence-corrected chi connectivity index (χ4v) is 7.18. The number of likely N-dealkylation sites (tertiary alicyclic amines) is 1. The van der Waals surface area contributed by atoms with E-state index in [-0.39, 0.29) is 6.04 Å². The first kappa shape index (κ1) is 37.2. The highest BCUT2D eigenvalue weighted by molar-refractivity contribution is 5.71. The third-order valence-corrected chi connectivity index (χ3v) is 9.95. The molecule has 1 unspecified atom stereocenters. The number of piperidine rings is 1. The number of hydrogen-bond acceptors (Lipinski definition) is 11. The lowest BCUT2D eigenvalue weighted by molar-refractivity contribution is 0.224. The Balaban J connectivity index is 1.18. The Morgan fingerprint density at radius 3 is 1.87 bits per heavy atom. The number of methoxy groups -OCH3 is 7. The molecule has 0 saturated carbocycles. The standard InChI is InChI=1S/C42H50N4O7/c1-47-35-10-8-33(9-11-35)46(27-29-18-32(25-43-24-29)30-20-37(48-2)41(52-6)38(21-30)49-3)34-13-16-45(17-14-34)26-28-12-15-44-36(19-28)31-22-39(50-4)42(53-7)40(23-31)51-5/h8-12,15,18-25,34,36,44H,13-14,16-17,26-27H2,1-7H3. The molecule has 0 bridgehead atoms. The molecule has 2 aliphatic rings. The van der Waals surface area contributed by atoms with Crippen molar-refractivity contribution in [3.8, 4) is 51.4 Å². The van der Waals surface area contributed by atoms with Gasteiger partial charge in [0.25, 0.3) is 0 Å². The van der Waals surface area contributed by atoms with Gasteiger partial charge < -0.3 is 43.4 Å². The van der Waals surface area contributed by atoms with Gasteiger partial charge >= 0.3 is 0 Å². The highest BCUT2D eigenvalue weighted by Gasteiger charge is 2.27. The van der Waals surface area contributed by atoms with Crippen LogP contribution in [0.1, 0.15) is 30.0 Å². The molecule has 2 aliphatic heterocycles. The Morgan fingerprint density at radius 2 is 1.30 bits per heavy atom. The second-order valence-electron chi connectivity index (χ2n) is 13.0. The van der Waals surface area contributed by atoms with E-state index in [1.807, 2.05) is 55.0 Å². The number of hydrogen-bond donors (Lipinski definition) is 1. The first-order valence-electron chi connectivity index (χ1n) is 17.7. The van der Waals surface area contributed by atoms with Crippen LogP contribution < -0.4 is 43.4 Å². The van der Waals surface area contributed by atoms with E-state index in [9.17, 15) is 0 Å². The normalized spacial score (nSPS) is 15.9. The molecule has 1 saturated heterocycles. The topological polar surface area (TPSA) is 96.0 Å². The van der Waals surface area contributed by atoms with E-state index in [0.29, 0.717) is 47.1 Å². The number of rotatable bonds is 15. The monoisotopic (exact) mass is 722 g/mol. The number of ether oxygens (including phenoxy) is 7. The highest BCUT2D eigenvalue weighted by Crippen LogP contribution is 2.42. The lowest BCUT2D eigenvalue weighted by atomic mass is 9.98. The summed E-state index contributed by atoms with van der Waals surface area (Å²) >= 11 is 0. The summed E-state index contributed by atoms with van der Waals surface area (Å²) in [6.45, 7) is 3.54. The zero-order valence-electron chi connectivity index (χ0n) is 31.7. The first-order chi connectivity index (χ1) is 25.9. The van der Waals surface area contributed by atoms with E-state index in [4.69, 9.17) is 33.2 Å². The van der Waals surface area contributed by atoms with E-state index in [2.05, 4.69) is 50.5 Å². The van der Waals surface area contributed by atoms with E-state index >= 15 is 0 Å². The molecule has 11 nitrogen and oxygen atoms in total. The van der Waals surface area contributed by atoms with Crippen molar-refractivity contribution in [2.75, 3.05) is 74.3 Å². The van der Waals surface area contributed by atoms with Crippen LogP contribution in [0.5, 0.6) is 40.2 Å². The fraction of sp³-hybridized carbons (Fsp3) is 0.357. The van der Waals surface area contributed by atoms with Crippen LogP contribution in [0.3, 0.4) is 0 Å². The smallest absolute Gasteiger partial charge is 0.203 e. The lowest BCUT2D eigenvalue weighted by Gasteiger charge is -2.40. The Bertz CT molecular complexity index is 1850. The molecule has 0 spiro atoms. The summed E-state index contributed by atoms with van der Waals surface area (Å²) in [5.41, 5.74) is 6.48. The lowest BCUT2D eigenvalue weighted by Crippen LogP contribution is -2.45. The van der Waals surface area contributed by atoms with E-state index in [1.165, 1.54) is 5.57 Å². The summed E-state index contributed by atoms with van der Waals surface area (Å²) in [6.07, 6.45) is 12.4. The van der Waals surface area contributed by atoms with Crippen molar-refractivity contribution < 1.29 is 33.2 Å². The van der Waals surface area contributed by atoms with Gasteiger partial charge in [0.1, 0.15) is 5.75 Å². The van der Waals surface area contributed by atoms with Gasteiger partial charge in [-0.05, 0) is 102 Å². The quantitative estimate of drug-likeness (QED) is 0.137. The predicted molar refractivity (Wildman–Crippen MR) is 207 cm³/mol. The molecule has 1 aromatic heterocycles. The van der Waals surface area contributed by atoms with Gasteiger partial charge in [0.15, 0.2) is 23.0 Å². The van der Waals surface area contributed by atoms with Crippen LogP contribution in [0.2, 0.25) is 0 Å². The number of dihydropyridines is 1. The minimum Gasteiger partial charge on any atom is -0.497 e. The first-order valence-corrected chi connectivity index (χ1v) is 17.7. The summed E-state index contributed by atoms with van der Waals surface area (Å²) in [7, 11) is 11.5. The summed E-state index contributed by atoms with van der Waals surface area (Å²) in [4.78, 5) is 9.72. The van der Waals surface area contributed by atoms with Gasteiger partial charge in [0, 0.05) is 55.9 Å². The predicted octanol–water partition coefficient (Wildman–Crippen LogP) is 7.06. The summed E-state index contributed by atoms with van der Waals surface area (Å²) in [5.74, 6) is 4.47. The van der Waals surface area contributed by atoms with Gasteiger partial charge in [-0.3, -0.25) is 9.88 Å². The average molecular weight is 723 g/mol. The molecule has 6 rings (SSSR count). The zero-order chi connectivity index (χ0) is 37.3. The number of benzene rings is 3. The van der Waals surface area contributed by atoms with Gasteiger partial charge in [-0.1, -0.05) is 6.08 Å². The summed E-state index contributed by atoms with van der Waals surface area (Å²) in [5, 5.41) is 3.48. The Labute approximate surface area is 312 Å². The molecule has 1 atom stereocenters. The highest BCUT2D eigenvalue weighted by atomic mass is 16.5. The van der Waals surface area contributed by atoms with Crippen molar-refractivity contribution in [1.82, 2.24) is 15.2 Å². The van der Waals surface area contributed by atoms with Crippen molar-refractivity contribution >= 4 is 5.69 Å². The molecule has 0 aliphatic carbocycles. The number of anilines is 1. The summed E-state index contributed by atoms with van der Waals surface area (Å²) in [6, 6.07) is 18.8. The van der Waals surface area contributed by atoms with Crippen LogP contribution in [-0.4, -0.2) is 85.3 Å². The number of nitrogens with zero attached hydrogens (tertiary/aromatic N) is 3. The molecule has 0 amide bonds. The molecule has 1 N–H and O–H groups in total.